The second-order valence-corrected chi connectivity index (χ2v) is 4.88. The fraction of sp³-hybridized carbons (Fsp3) is 0.286. The van der Waals surface area contributed by atoms with Gasteiger partial charge in [0.25, 0.3) is 0 Å². The Balaban J connectivity index is 0.00000220. The van der Waals surface area contributed by atoms with Gasteiger partial charge in [-0.2, -0.15) is 5.10 Å². The van der Waals surface area contributed by atoms with E-state index in [0.29, 0.717) is 11.4 Å². The van der Waals surface area contributed by atoms with Gasteiger partial charge in [0.05, 0.1) is 6.04 Å². The number of benzene rings is 1. The summed E-state index contributed by atoms with van der Waals surface area (Å²) in [5.74, 6) is -0.779. The van der Waals surface area contributed by atoms with E-state index in [2.05, 4.69) is 10.4 Å². The molecule has 1 aromatic heterocycles. The third kappa shape index (κ3) is 4.03. The lowest BCUT2D eigenvalue weighted by Gasteiger charge is -2.15. The van der Waals surface area contributed by atoms with Gasteiger partial charge in [0.15, 0.2) is 5.82 Å². The van der Waals surface area contributed by atoms with E-state index in [-0.39, 0.29) is 24.2 Å². The summed E-state index contributed by atoms with van der Waals surface area (Å²) in [6.07, 6.45) is 3.21. The Labute approximate surface area is 128 Å². The minimum atomic E-state index is -0.621. The number of nitrogens with one attached hydrogen (secondary N) is 1. The minimum Gasteiger partial charge on any atom is -0.325 e. The summed E-state index contributed by atoms with van der Waals surface area (Å²) in [7, 11) is 0. The molecule has 2 rings (SSSR count). The third-order valence-corrected chi connectivity index (χ3v) is 2.99. The molecule has 5 nitrogen and oxygen atoms in total. The molecule has 0 saturated heterocycles. The van der Waals surface area contributed by atoms with E-state index in [1.807, 2.05) is 13.8 Å². The monoisotopic (exact) mass is 312 g/mol. The summed E-state index contributed by atoms with van der Waals surface area (Å²) in [5.41, 5.74) is 6.43. The summed E-state index contributed by atoms with van der Waals surface area (Å²) in [4.78, 5) is 11.8. The van der Waals surface area contributed by atoms with Crippen LogP contribution >= 0.6 is 12.4 Å². The Bertz CT molecular complexity index is 601. The van der Waals surface area contributed by atoms with Crippen molar-refractivity contribution in [1.29, 1.82) is 0 Å². The molecule has 114 valence electrons. The molecule has 0 aliphatic heterocycles. The van der Waals surface area contributed by atoms with Crippen LogP contribution in [0.4, 0.5) is 10.1 Å². The van der Waals surface area contributed by atoms with Crippen molar-refractivity contribution in [2.45, 2.75) is 19.9 Å². The van der Waals surface area contributed by atoms with Crippen molar-refractivity contribution >= 4 is 24.0 Å². The van der Waals surface area contributed by atoms with E-state index in [4.69, 9.17) is 5.73 Å². The molecule has 0 fully saturated rings. The molecule has 0 aliphatic carbocycles. The summed E-state index contributed by atoms with van der Waals surface area (Å²) >= 11 is 0. The fourth-order valence-electron chi connectivity index (χ4n) is 1.71. The molecule has 1 heterocycles. The Hall–Kier alpha value is -1.92. The lowest BCUT2D eigenvalue weighted by atomic mass is 10.0. The number of carbonyl (C=O) groups excluding carboxylic acids is 1. The van der Waals surface area contributed by atoms with Gasteiger partial charge in [-0.25, -0.2) is 9.07 Å². The van der Waals surface area contributed by atoms with Crippen molar-refractivity contribution in [1.82, 2.24) is 9.78 Å². The van der Waals surface area contributed by atoms with Crippen LogP contribution in [0.3, 0.4) is 0 Å². The van der Waals surface area contributed by atoms with Crippen LogP contribution in [0.5, 0.6) is 0 Å². The molecule has 0 aliphatic rings. The van der Waals surface area contributed by atoms with E-state index in [9.17, 15) is 9.18 Å². The van der Waals surface area contributed by atoms with Crippen LogP contribution in [0.1, 0.15) is 13.8 Å². The molecule has 0 radical (unpaired) electrons. The van der Waals surface area contributed by atoms with Crippen LogP contribution in [-0.2, 0) is 4.79 Å². The first-order valence-corrected chi connectivity index (χ1v) is 6.35. The molecule has 1 atom stereocenters. The maximum atomic E-state index is 14.0. The van der Waals surface area contributed by atoms with Crippen LogP contribution < -0.4 is 11.1 Å². The first-order valence-electron chi connectivity index (χ1n) is 6.35. The van der Waals surface area contributed by atoms with E-state index in [1.54, 1.807) is 30.6 Å². The first-order chi connectivity index (χ1) is 9.49. The van der Waals surface area contributed by atoms with E-state index >= 15 is 0 Å². The zero-order chi connectivity index (χ0) is 14.7. The Kier molecular flexibility index (Phi) is 5.87. The Morgan fingerprint density at radius 3 is 2.67 bits per heavy atom. The minimum absolute atomic E-state index is 0. The zero-order valence-electron chi connectivity index (χ0n) is 11.8. The highest BCUT2D eigenvalue weighted by Crippen LogP contribution is 2.18. The van der Waals surface area contributed by atoms with Crippen molar-refractivity contribution in [3.8, 4) is 5.69 Å². The molecule has 0 unspecified atom stereocenters. The molecule has 3 N–H and O–H groups in total. The molecule has 1 aromatic carbocycles. The van der Waals surface area contributed by atoms with E-state index < -0.39 is 11.9 Å². The maximum absolute atomic E-state index is 14.0. The summed E-state index contributed by atoms with van der Waals surface area (Å²) in [5, 5.41) is 6.56. The standard InChI is InChI=1S/C14H17FN4O.ClH/c1-9(2)13(16)14(20)18-10-4-5-12(11(15)8-10)19-7-3-6-17-19;/h3-9,13H,16H2,1-2H3,(H,18,20);1H/t13-;/m0./s1. The van der Waals surface area contributed by atoms with Gasteiger partial charge >= 0.3 is 0 Å². The summed E-state index contributed by atoms with van der Waals surface area (Å²) in [6, 6.07) is 5.51. The number of carbonyl (C=O) groups is 1. The highest BCUT2D eigenvalue weighted by atomic mass is 35.5. The number of amides is 1. The van der Waals surface area contributed by atoms with Crippen molar-refractivity contribution in [2.75, 3.05) is 5.32 Å². The van der Waals surface area contributed by atoms with Crippen molar-refractivity contribution in [3.63, 3.8) is 0 Å². The Morgan fingerprint density at radius 2 is 2.14 bits per heavy atom. The summed E-state index contributed by atoms with van der Waals surface area (Å²) in [6.45, 7) is 3.71. The fourth-order valence-corrected chi connectivity index (χ4v) is 1.71. The maximum Gasteiger partial charge on any atom is 0.241 e. The number of aromatic nitrogens is 2. The average molecular weight is 313 g/mol. The number of nitrogens with two attached hydrogens (primary N) is 1. The van der Waals surface area contributed by atoms with Gasteiger partial charge in [-0.1, -0.05) is 13.8 Å². The van der Waals surface area contributed by atoms with Crippen LogP contribution in [0.15, 0.2) is 36.7 Å². The summed E-state index contributed by atoms with van der Waals surface area (Å²) < 4.78 is 15.4. The van der Waals surface area contributed by atoms with Gasteiger partial charge in [0.1, 0.15) is 5.69 Å². The van der Waals surface area contributed by atoms with E-state index in [0.717, 1.165) is 0 Å². The smallest absolute Gasteiger partial charge is 0.241 e. The second kappa shape index (κ2) is 7.19. The quantitative estimate of drug-likeness (QED) is 0.910. The largest absolute Gasteiger partial charge is 0.325 e. The number of hydrogen-bond acceptors (Lipinski definition) is 3. The number of hydrogen-bond donors (Lipinski definition) is 2. The highest BCUT2D eigenvalue weighted by molar-refractivity contribution is 5.94. The molecule has 0 spiro atoms. The van der Waals surface area contributed by atoms with E-state index in [1.165, 1.54) is 10.7 Å². The average Bonchev–Trinajstić information content (AvgIpc) is 2.91. The molecule has 7 heteroatoms. The van der Waals surface area contributed by atoms with Gasteiger partial charge in [-0.3, -0.25) is 4.79 Å². The molecule has 1 amide bonds. The van der Waals surface area contributed by atoms with Gasteiger partial charge in [0, 0.05) is 18.1 Å². The number of halogens is 2. The van der Waals surface area contributed by atoms with Crippen molar-refractivity contribution in [2.24, 2.45) is 11.7 Å². The second-order valence-electron chi connectivity index (χ2n) is 4.88. The zero-order valence-corrected chi connectivity index (χ0v) is 12.6. The first kappa shape index (κ1) is 17.1. The molecule has 0 saturated carbocycles. The van der Waals surface area contributed by atoms with Crippen LogP contribution in [-0.4, -0.2) is 21.7 Å². The van der Waals surface area contributed by atoms with Crippen molar-refractivity contribution < 1.29 is 9.18 Å². The van der Waals surface area contributed by atoms with Gasteiger partial charge in [-0.05, 0) is 30.2 Å². The predicted octanol–water partition coefficient (Wildman–Crippen LogP) is 2.35. The topological polar surface area (TPSA) is 72.9 Å². The molecule has 0 bridgehead atoms. The predicted molar refractivity (Wildman–Crippen MR) is 82.2 cm³/mol. The molecule has 2 aromatic rings. The van der Waals surface area contributed by atoms with Gasteiger partial charge in [0.2, 0.25) is 5.91 Å². The van der Waals surface area contributed by atoms with Crippen LogP contribution in [0.25, 0.3) is 5.69 Å². The van der Waals surface area contributed by atoms with Gasteiger partial charge in [-0.15, -0.1) is 12.4 Å². The number of nitrogens with zero attached hydrogens (tertiary/aromatic N) is 2. The molecular formula is C14H18ClFN4O. The molecule has 21 heavy (non-hydrogen) atoms. The van der Waals surface area contributed by atoms with Crippen LogP contribution in [0, 0.1) is 11.7 Å². The Morgan fingerprint density at radius 1 is 1.43 bits per heavy atom. The lowest BCUT2D eigenvalue weighted by molar-refractivity contribution is -0.118. The lowest BCUT2D eigenvalue weighted by Crippen LogP contribution is -2.39. The molecular weight excluding hydrogens is 295 g/mol. The number of anilines is 1. The highest BCUT2D eigenvalue weighted by Gasteiger charge is 2.17. The van der Waals surface area contributed by atoms with Gasteiger partial charge < -0.3 is 11.1 Å². The SMILES string of the molecule is CC(C)[C@H](N)C(=O)Nc1ccc(-n2cccn2)c(F)c1.Cl. The normalized spacial score (nSPS) is 11.9. The van der Waals surface area contributed by atoms with Crippen molar-refractivity contribution in [3.05, 3.63) is 42.5 Å². The van der Waals surface area contributed by atoms with Crippen LogP contribution in [0.2, 0.25) is 0 Å². The third-order valence-electron chi connectivity index (χ3n) is 2.99. The number of rotatable bonds is 4.